The zero-order chi connectivity index (χ0) is 20.5. The van der Waals surface area contributed by atoms with Gasteiger partial charge in [-0.25, -0.2) is 4.39 Å². The summed E-state index contributed by atoms with van der Waals surface area (Å²) in [6.45, 7) is 10.8. The zero-order valence-electron chi connectivity index (χ0n) is 17.6. The molecule has 3 aromatic rings. The lowest BCUT2D eigenvalue weighted by molar-refractivity contribution is 0.361. The Morgan fingerprint density at radius 3 is 2.18 bits per heavy atom. The van der Waals surface area contributed by atoms with Gasteiger partial charge in [-0.15, -0.1) is 0 Å². The molecule has 28 heavy (non-hydrogen) atoms. The molecule has 0 fully saturated rings. The highest BCUT2D eigenvalue weighted by atomic mass is 35.5. The van der Waals surface area contributed by atoms with Gasteiger partial charge in [0.05, 0.1) is 0 Å². The van der Waals surface area contributed by atoms with Crippen LogP contribution in [0, 0.1) is 16.6 Å². The maximum atomic E-state index is 14.8. The summed E-state index contributed by atoms with van der Waals surface area (Å²) in [7, 11) is 0. The quantitative estimate of drug-likeness (QED) is 0.409. The van der Waals surface area contributed by atoms with Crippen LogP contribution in [0.15, 0.2) is 54.6 Å². The first-order valence-corrected chi connectivity index (χ1v) is 10.4. The number of rotatable bonds is 5. The number of halogens is 2. The molecule has 0 spiro atoms. The van der Waals surface area contributed by atoms with E-state index in [1.165, 1.54) is 16.3 Å². The topological polar surface area (TPSA) is 0 Å². The fourth-order valence-electron chi connectivity index (χ4n) is 4.03. The Labute approximate surface area is 173 Å². The third kappa shape index (κ3) is 5.14. The largest absolute Gasteiger partial charge is 0.207 e. The lowest BCUT2D eigenvalue weighted by atomic mass is 9.79. The highest BCUT2D eigenvalue weighted by molar-refractivity contribution is 6.31. The number of benzene rings is 3. The molecule has 0 bridgehead atoms. The van der Waals surface area contributed by atoms with Crippen LogP contribution in [-0.4, -0.2) is 0 Å². The molecular formula is C26H30ClF. The van der Waals surface area contributed by atoms with Crippen molar-refractivity contribution < 1.29 is 4.39 Å². The summed E-state index contributed by atoms with van der Waals surface area (Å²) in [4.78, 5) is 0. The van der Waals surface area contributed by atoms with E-state index in [0.717, 1.165) is 18.4 Å². The van der Waals surface area contributed by atoms with E-state index in [1.54, 1.807) is 6.07 Å². The highest BCUT2D eigenvalue weighted by Crippen LogP contribution is 2.34. The summed E-state index contributed by atoms with van der Waals surface area (Å²) in [6, 6.07) is 18.6. The van der Waals surface area contributed by atoms with Crippen molar-refractivity contribution in [3.05, 3.63) is 82.1 Å². The molecule has 0 saturated carbocycles. The highest BCUT2D eigenvalue weighted by Gasteiger charge is 2.23. The van der Waals surface area contributed by atoms with Crippen LogP contribution in [0.4, 0.5) is 4.39 Å². The molecule has 0 aliphatic carbocycles. The van der Waals surface area contributed by atoms with Crippen molar-refractivity contribution in [1.82, 2.24) is 0 Å². The molecule has 0 atom stereocenters. The second-order valence-electron chi connectivity index (χ2n) is 9.93. The van der Waals surface area contributed by atoms with Crippen LogP contribution in [0.2, 0.25) is 5.02 Å². The smallest absolute Gasteiger partial charge is 0.128 e. The van der Waals surface area contributed by atoms with Crippen molar-refractivity contribution in [3.8, 4) is 0 Å². The second-order valence-corrected chi connectivity index (χ2v) is 10.3. The van der Waals surface area contributed by atoms with Gasteiger partial charge in [-0.3, -0.25) is 0 Å². The summed E-state index contributed by atoms with van der Waals surface area (Å²) in [5.74, 6) is -0.182. The molecule has 0 heterocycles. The molecule has 2 heteroatoms. The van der Waals surface area contributed by atoms with Crippen molar-refractivity contribution >= 4 is 22.4 Å². The molecule has 148 valence electrons. The second kappa shape index (κ2) is 7.87. The lowest BCUT2D eigenvalue weighted by Gasteiger charge is -2.26. The lowest BCUT2D eigenvalue weighted by Crippen LogP contribution is -2.19. The predicted octanol–water partition coefficient (Wildman–Crippen LogP) is 8.03. The van der Waals surface area contributed by atoms with E-state index in [1.807, 2.05) is 6.07 Å². The summed E-state index contributed by atoms with van der Waals surface area (Å²) in [5, 5.41) is 3.10. The standard InChI is InChI=1S/C26H30ClF/c1-25(2,3)17-22-23(27)13-18(14-24(22)28)15-26(4,5)16-20-11-8-10-19-9-6-7-12-21(19)20/h6-14H,15-17H2,1-5H3. The summed E-state index contributed by atoms with van der Waals surface area (Å²) in [5.41, 5.74) is 2.92. The van der Waals surface area contributed by atoms with E-state index in [4.69, 9.17) is 11.6 Å². The van der Waals surface area contributed by atoms with Gasteiger partial charge >= 0.3 is 0 Å². The molecule has 0 aromatic heterocycles. The van der Waals surface area contributed by atoms with E-state index in [9.17, 15) is 4.39 Å². The summed E-state index contributed by atoms with van der Waals surface area (Å²) < 4.78 is 14.8. The molecule has 0 amide bonds. The van der Waals surface area contributed by atoms with Crippen molar-refractivity contribution in [1.29, 1.82) is 0 Å². The van der Waals surface area contributed by atoms with E-state index in [0.29, 0.717) is 17.0 Å². The predicted molar refractivity (Wildman–Crippen MR) is 120 cm³/mol. The SMILES string of the molecule is CC(C)(C)Cc1c(F)cc(CC(C)(C)Cc2cccc3ccccc23)cc1Cl. The van der Waals surface area contributed by atoms with Gasteiger partial charge < -0.3 is 0 Å². The van der Waals surface area contributed by atoms with E-state index in [-0.39, 0.29) is 16.6 Å². The maximum absolute atomic E-state index is 14.8. The first-order valence-electron chi connectivity index (χ1n) is 9.98. The Hall–Kier alpha value is -1.86. The van der Waals surface area contributed by atoms with Gasteiger partial charge in [0, 0.05) is 10.6 Å². The first kappa shape index (κ1) is 20.9. The van der Waals surface area contributed by atoms with Gasteiger partial charge in [0.25, 0.3) is 0 Å². The van der Waals surface area contributed by atoms with E-state index >= 15 is 0 Å². The van der Waals surface area contributed by atoms with Crippen molar-refractivity contribution in [2.75, 3.05) is 0 Å². The van der Waals surface area contributed by atoms with Crippen LogP contribution in [0.5, 0.6) is 0 Å². The van der Waals surface area contributed by atoms with Crippen LogP contribution < -0.4 is 0 Å². The minimum absolute atomic E-state index is 0.000364. The Balaban J connectivity index is 1.84. The van der Waals surface area contributed by atoms with E-state index < -0.39 is 0 Å². The number of hydrogen-bond donors (Lipinski definition) is 0. The fourth-order valence-corrected chi connectivity index (χ4v) is 4.33. The van der Waals surface area contributed by atoms with Crippen LogP contribution in [-0.2, 0) is 19.3 Å². The molecule has 0 aliphatic heterocycles. The van der Waals surface area contributed by atoms with Gasteiger partial charge in [-0.05, 0) is 64.1 Å². The van der Waals surface area contributed by atoms with Crippen LogP contribution in [0.1, 0.15) is 51.3 Å². The van der Waals surface area contributed by atoms with Gasteiger partial charge in [0.1, 0.15) is 5.82 Å². The monoisotopic (exact) mass is 396 g/mol. The molecule has 0 aliphatic rings. The Kier molecular flexibility index (Phi) is 5.87. The van der Waals surface area contributed by atoms with Crippen molar-refractivity contribution in [3.63, 3.8) is 0 Å². The molecule has 3 rings (SSSR count). The van der Waals surface area contributed by atoms with Crippen molar-refractivity contribution in [2.24, 2.45) is 10.8 Å². The molecule has 0 nitrogen and oxygen atoms in total. The molecule has 3 aromatic carbocycles. The Bertz CT molecular complexity index is 951. The summed E-state index contributed by atoms with van der Waals surface area (Å²) in [6.07, 6.45) is 2.34. The van der Waals surface area contributed by atoms with Gasteiger partial charge in [0.15, 0.2) is 0 Å². The average molecular weight is 397 g/mol. The van der Waals surface area contributed by atoms with Gasteiger partial charge in [-0.2, -0.15) is 0 Å². The van der Waals surface area contributed by atoms with Crippen LogP contribution >= 0.6 is 11.6 Å². The van der Waals surface area contributed by atoms with Gasteiger partial charge in [0.2, 0.25) is 0 Å². The summed E-state index contributed by atoms with van der Waals surface area (Å²) >= 11 is 6.47. The molecular weight excluding hydrogens is 367 g/mol. The van der Waals surface area contributed by atoms with Gasteiger partial charge in [-0.1, -0.05) is 88.7 Å². The van der Waals surface area contributed by atoms with Crippen LogP contribution in [0.25, 0.3) is 10.8 Å². The minimum atomic E-state index is -0.182. The average Bonchev–Trinajstić information content (AvgIpc) is 2.57. The van der Waals surface area contributed by atoms with Crippen molar-refractivity contribution in [2.45, 2.75) is 53.9 Å². The van der Waals surface area contributed by atoms with E-state index in [2.05, 4.69) is 77.1 Å². The zero-order valence-corrected chi connectivity index (χ0v) is 18.3. The fraction of sp³-hybridized carbons (Fsp3) is 0.385. The minimum Gasteiger partial charge on any atom is -0.207 e. The normalized spacial score (nSPS) is 12.5. The third-order valence-corrected chi connectivity index (χ3v) is 5.48. The third-order valence-electron chi connectivity index (χ3n) is 5.14. The van der Waals surface area contributed by atoms with Crippen LogP contribution in [0.3, 0.4) is 0 Å². The molecule has 0 saturated heterocycles. The molecule has 0 radical (unpaired) electrons. The maximum Gasteiger partial charge on any atom is 0.128 e. The number of hydrogen-bond acceptors (Lipinski definition) is 0. The molecule has 0 N–H and O–H groups in total. The number of fused-ring (bicyclic) bond motifs is 1. The Morgan fingerprint density at radius 2 is 1.50 bits per heavy atom. The first-order chi connectivity index (χ1) is 13.0. The Morgan fingerprint density at radius 1 is 0.821 bits per heavy atom. The molecule has 0 unspecified atom stereocenters.